The highest BCUT2D eigenvalue weighted by molar-refractivity contribution is 7.85. The summed E-state index contributed by atoms with van der Waals surface area (Å²) in [5, 5.41) is 9.51. The SMILES string of the molecule is COc1cccc(O)c1C(=O)CS(C)=O. The van der Waals surface area contributed by atoms with Crippen LogP contribution >= 0.6 is 0 Å². The molecule has 15 heavy (non-hydrogen) atoms. The van der Waals surface area contributed by atoms with Crippen LogP contribution < -0.4 is 4.74 Å². The van der Waals surface area contributed by atoms with E-state index in [4.69, 9.17) is 4.74 Å². The van der Waals surface area contributed by atoms with E-state index in [-0.39, 0.29) is 22.8 Å². The number of benzene rings is 1. The van der Waals surface area contributed by atoms with Crippen LogP contribution in [0.3, 0.4) is 0 Å². The number of hydrogen-bond donors (Lipinski definition) is 1. The highest BCUT2D eigenvalue weighted by atomic mass is 32.2. The topological polar surface area (TPSA) is 63.6 Å². The van der Waals surface area contributed by atoms with Crippen molar-refractivity contribution in [2.24, 2.45) is 0 Å². The monoisotopic (exact) mass is 228 g/mol. The number of rotatable bonds is 4. The number of methoxy groups -OCH3 is 1. The predicted molar refractivity (Wildman–Crippen MR) is 57.9 cm³/mol. The van der Waals surface area contributed by atoms with Gasteiger partial charge >= 0.3 is 0 Å². The van der Waals surface area contributed by atoms with Crippen LogP contribution in [0.15, 0.2) is 18.2 Å². The molecule has 0 saturated carbocycles. The van der Waals surface area contributed by atoms with Gasteiger partial charge in [-0.1, -0.05) is 6.07 Å². The van der Waals surface area contributed by atoms with Crippen molar-refractivity contribution in [1.29, 1.82) is 0 Å². The summed E-state index contributed by atoms with van der Waals surface area (Å²) in [5.74, 6) is -0.352. The molecule has 0 saturated heterocycles. The lowest BCUT2D eigenvalue weighted by molar-refractivity contribution is 0.101. The molecule has 1 rings (SSSR count). The van der Waals surface area contributed by atoms with Gasteiger partial charge < -0.3 is 9.84 Å². The van der Waals surface area contributed by atoms with E-state index in [9.17, 15) is 14.1 Å². The molecule has 0 fully saturated rings. The first kappa shape index (κ1) is 11.7. The second kappa shape index (κ2) is 4.93. The Bertz CT molecular complexity index is 400. The van der Waals surface area contributed by atoms with E-state index in [0.29, 0.717) is 5.75 Å². The number of ether oxygens (including phenoxy) is 1. The van der Waals surface area contributed by atoms with Gasteiger partial charge in [0.05, 0.1) is 12.9 Å². The molecule has 0 aliphatic heterocycles. The molecule has 0 amide bonds. The van der Waals surface area contributed by atoms with E-state index < -0.39 is 10.8 Å². The third kappa shape index (κ3) is 2.79. The Hall–Kier alpha value is -1.36. The first-order chi connectivity index (χ1) is 7.06. The third-order valence-electron chi connectivity index (χ3n) is 1.84. The Labute approximate surface area is 90.3 Å². The largest absolute Gasteiger partial charge is 0.507 e. The maximum atomic E-state index is 11.6. The minimum Gasteiger partial charge on any atom is -0.507 e. The van der Waals surface area contributed by atoms with E-state index >= 15 is 0 Å². The average Bonchev–Trinajstić information content (AvgIpc) is 2.15. The van der Waals surface area contributed by atoms with Gasteiger partial charge in [0.1, 0.15) is 17.1 Å². The lowest BCUT2D eigenvalue weighted by Crippen LogP contribution is -2.11. The molecule has 1 N–H and O–H groups in total. The summed E-state index contributed by atoms with van der Waals surface area (Å²) < 4.78 is 15.9. The molecule has 0 bridgehead atoms. The first-order valence-corrected chi connectivity index (χ1v) is 5.98. The standard InChI is InChI=1S/C10H12O4S/c1-14-9-5-3-4-7(11)10(9)8(12)6-15(2)13/h3-5,11H,6H2,1-2H3. The highest BCUT2D eigenvalue weighted by Crippen LogP contribution is 2.27. The molecule has 4 nitrogen and oxygen atoms in total. The van der Waals surface area contributed by atoms with Crippen LogP contribution in [0.25, 0.3) is 0 Å². The van der Waals surface area contributed by atoms with Crippen LogP contribution in [0.1, 0.15) is 10.4 Å². The van der Waals surface area contributed by atoms with Crippen molar-refractivity contribution in [1.82, 2.24) is 0 Å². The number of carbonyl (C=O) groups excluding carboxylic acids is 1. The van der Waals surface area contributed by atoms with Gasteiger partial charge in [-0.3, -0.25) is 9.00 Å². The van der Waals surface area contributed by atoms with Crippen molar-refractivity contribution in [3.8, 4) is 11.5 Å². The average molecular weight is 228 g/mol. The molecule has 0 radical (unpaired) electrons. The number of aromatic hydroxyl groups is 1. The fourth-order valence-corrected chi connectivity index (χ4v) is 1.74. The smallest absolute Gasteiger partial charge is 0.182 e. The highest BCUT2D eigenvalue weighted by Gasteiger charge is 2.17. The molecule has 0 aliphatic carbocycles. The predicted octanol–water partition coefficient (Wildman–Crippen LogP) is 0.962. The molecule has 82 valence electrons. The molecule has 0 aromatic heterocycles. The molecular weight excluding hydrogens is 216 g/mol. The molecule has 0 aliphatic rings. The number of phenolic OH excluding ortho intramolecular Hbond substituents is 1. The van der Waals surface area contributed by atoms with Gasteiger partial charge in [-0.25, -0.2) is 0 Å². The zero-order valence-electron chi connectivity index (χ0n) is 8.52. The molecule has 5 heteroatoms. The Morgan fingerprint density at radius 3 is 2.73 bits per heavy atom. The van der Waals surface area contributed by atoms with E-state index in [2.05, 4.69) is 0 Å². The van der Waals surface area contributed by atoms with Crippen LogP contribution in [-0.4, -0.2) is 34.2 Å². The van der Waals surface area contributed by atoms with E-state index in [1.54, 1.807) is 12.1 Å². The molecular formula is C10H12O4S. The van der Waals surface area contributed by atoms with Crippen molar-refractivity contribution in [3.63, 3.8) is 0 Å². The summed E-state index contributed by atoms with van der Waals surface area (Å²) in [6.45, 7) is 0. The van der Waals surface area contributed by atoms with Crippen LogP contribution in [-0.2, 0) is 10.8 Å². The number of phenols is 1. The summed E-state index contributed by atoms with van der Waals surface area (Å²) in [6, 6.07) is 4.55. The van der Waals surface area contributed by atoms with Gasteiger partial charge in [-0.15, -0.1) is 0 Å². The fourth-order valence-electron chi connectivity index (χ4n) is 1.23. The number of ketones is 1. The van der Waals surface area contributed by atoms with E-state index in [1.165, 1.54) is 19.4 Å². The Morgan fingerprint density at radius 1 is 1.53 bits per heavy atom. The summed E-state index contributed by atoms with van der Waals surface area (Å²) in [7, 11) is 0.180. The molecule has 1 aromatic carbocycles. The summed E-state index contributed by atoms with van der Waals surface area (Å²) in [4.78, 5) is 11.6. The van der Waals surface area contributed by atoms with Crippen molar-refractivity contribution in [2.45, 2.75) is 0 Å². The second-order valence-electron chi connectivity index (χ2n) is 3.00. The van der Waals surface area contributed by atoms with Crippen molar-refractivity contribution < 1.29 is 18.8 Å². The molecule has 0 spiro atoms. The van der Waals surface area contributed by atoms with Gasteiger partial charge in [0.2, 0.25) is 0 Å². The maximum absolute atomic E-state index is 11.6. The summed E-state index contributed by atoms with van der Waals surface area (Å²) in [5.41, 5.74) is 0.0928. The van der Waals surface area contributed by atoms with Crippen molar-refractivity contribution in [2.75, 3.05) is 19.1 Å². The fraction of sp³-hybridized carbons (Fsp3) is 0.300. The minimum absolute atomic E-state index is 0.0928. The Kier molecular flexibility index (Phi) is 3.85. The van der Waals surface area contributed by atoms with Crippen molar-refractivity contribution >= 4 is 16.6 Å². The van der Waals surface area contributed by atoms with Crippen LogP contribution in [0.4, 0.5) is 0 Å². The van der Waals surface area contributed by atoms with E-state index in [1.807, 2.05) is 0 Å². The first-order valence-electron chi connectivity index (χ1n) is 4.25. The van der Waals surface area contributed by atoms with Crippen LogP contribution in [0.2, 0.25) is 0 Å². The number of Topliss-reactive ketones (excluding diaryl/α,β-unsaturated/α-hetero) is 1. The van der Waals surface area contributed by atoms with Gasteiger partial charge in [0.15, 0.2) is 5.78 Å². The molecule has 1 atom stereocenters. The Balaban J connectivity index is 3.11. The second-order valence-corrected chi connectivity index (χ2v) is 4.43. The van der Waals surface area contributed by atoms with Gasteiger partial charge in [-0.05, 0) is 12.1 Å². The lowest BCUT2D eigenvalue weighted by Gasteiger charge is -2.08. The molecule has 1 unspecified atom stereocenters. The van der Waals surface area contributed by atoms with Crippen LogP contribution in [0, 0.1) is 0 Å². The zero-order valence-corrected chi connectivity index (χ0v) is 9.34. The zero-order chi connectivity index (χ0) is 11.4. The molecule has 1 aromatic rings. The van der Waals surface area contributed by atoms with Gasteiger partial charge in [0, 0.05) is 17.1 Å². The lowest BCUT2D eigenvalue weighted by atomic mass is 10.1. The number of hydrogen-bond acceptors (Lipinski definition) is 4. The number of carbonyl (C=O) groups is 1. The summed E-state index contributed by atoms with van der Waals surface area (Å²) in [6.07, 6.45) is 1.43. The normalized spacial score (nSPS) is 12.1. The van der Waals surface area contributed by atoms with Gasteiger partial charge in [-0.2, -0.15) is 0 Å². The van der Waals surface area contributed by atoms with Crippen molar-refractivity contribution in [3.05, 3.63) is 23.8 Å². The van der Waals surface area contributed by atoms with Gasteiger partial charge in [0.25, 0.3) is 0 Å². The summed E-state index contributed by atoms with van der Waals surface area (Å²) >= 11 is 0. The minimum atomic E-state index is -1.23. The maximum Gasteiger partial charge on any atom is 0.182 e. The van der Waals surface area contributed by atoms with E-state index in [0.717, 1.165) is 0 Å². The van der Waals surface area contributed by atoms with Crippen LogP contribution in [0.5, 0.6) is 11.5 Å². The molecule has 0 heterocycles. The Morgan fingerprint density at radius 2 is 2.20 bits per heavy atom. The quantitative estimate of drug-likeness (QED) is 0.780. The third-order valence-corrected chi connectivity index (χ3v) is 2.51.